The van der Waals surface area contributed by atoms with Crippen LogP contribution < -0.4 is 5.32 Å². The Balaban J connectivity index is 1.64. The number of pyridine rings is 2. The largest absolute Gasteiger partial charge is 0.338 e. The molecule has 0 aliphatic carbocycles. The number of nitrogens with zero attached hydrogens (tertiary/aromatic N) is 4. The van der Waals surface area contributed by atoms with Crippen LogP contribution in [0, 0.1) is 12.7 Å². The highest BCUT2D eigenvalue weighted by Crippen LogP contribution is 2.31. The van der Waals surface area contributed by atoms with Crippen LogP contribution in [0.1, 0.15) is 11.1 Å². The zero-order valence-corrected chi connectivity index (χ0v) is 18.0. The molecule has 1 N–H and O–H groups in total. The van der Waals surface area contributed by atoms with Crippen molar-refractivity contribution in [2.45, 2.75) is 13.5 Å². The van der Waals surface area contributed by atoms with Crippen LogP contribution in [0.4, 0.5) is 15.9 Å². The lowest BCUT2D eigenvalue weighted by molar-refractivity contribution is 0.628. The van der Waals surface area contributed by atoms with Crippen LogP contribution >= 0.6 is 11.6 Å². The van der Waals surface area contributed by atoms with Crippen molar-refractivity contribution in [2.24, 2.45) is 0 Å². The van der Waals surface area contributed by atoms with E-state index in [1.54, 1.807) is 29.3 Å². The number of anilines is 2. The number of benzene rings is 2. The second-order valence-electron chi connectivity index (χ2n) is 7.52. The first-order chi connectivity index (χ1) is 15.6. The highest BCUT2D eigenvalue weighted by atomic mass is 35.5. The molecule has 0 bridgehead atoms. The third-order valence-corrected chi connectivity index (χ3v) is 5.68. The summed E-state index contributed by atoms with van der Waals surface area (Å²) < 4.78 is 15.7. The van der Waals surface area contributed by atoms with Gasteiger partial charge < -0.3 is 5.32 Å². The zero-order chi connectivity index (χ0) is 22.1. The van der Waals surface area contributed by atoms with E-state index in [1.165, 1.54) is 12.1 Å². The number of rotatable bonds is 5. The number of hydrogen-bond donors (Lipinski definition) is 1. The Morgan fingerprint density at radius 1 is 1.00 bits per heavy atom. The predicted molar refractivity (Wildman–Crippen MR) is 126 cm³/mol. The molecule has 5 aromatic rings. The van der Waals surface area contributed by atoms with Gasteiger partial charge in [-0.15, -0.1) is 0 Å². The molecule has 0 aliphatic rings. The summed E-state index contributed by atoms with van der Waals surface area (Å²) in [6.07, 6.45) is 5.33. The Bertz CT molecular complexity index is 1420. The Morgan fingerprint density at radius 3 is 2.69 bits per heavy atom. The van der Waals surface area contributed by atoms with E-state index in [-0.39, 0.29) is 5.82 Å². The first-order valence-corrected chi connectivity index (χ1v) is 10.5. The van der Waals surface area contributed by atoms with Gasteiger partial charge in [0, 0.05) is 40.4 Å². The van der Waals surface area contributed by atoms with Gasteiger partial charge in [-0.3, -0.25) is 4.98 Å². The smallest absolute Gasteiger partial charge is 0.162 e. The zero-order valence-electron chi connectivity index (χ0n) is 17.3. The fourth-order valence-electron chi connectivity index (χ4n) is 3.60. The van der Waals surface area contributed by atoms with E-state index in [4.69, 9.17) is 21.7 Å². The summed E-state index contributed by atoms with van der Waals surface area (Å²) in [6.45, 7) is 2.38. The molecule has 0 fully saturated rings. The monoisotopic (exact) mass is 443 g/mol. The Hall–Kier alpha value is -3.77. The average molecular weight is 444 g/mol. The maximum Gasteiger partial charge on any atom is 0.162 e. The first kappa shape index (κ1) is 20.2. The molecule has 0 unspecified atom stereocenters. The van der Waals surface area contributed by atoms with E-state index in [9.17, 15) is 4.39 Å². The van der Waals surface area contributed by atoms with Gasteiger partial charge in [-0.25, -0.2) is 14.1 Å². The summed E-state index contributed by atoms with van der Waals surface area (Å²) in [5, 5.41) is 9.55. The van der Waals surface area contributed by atoms with Crippen molar-refractivity contribution in [3.05, 3.63) is 101 Å². The first-order valence-electron chi connectivity index (χ1n) is 10.1. The summed E-state index contributed by atoms with van der Waals surface area (Å²) in [5.74, 6) is 0.283. The summed E-state index contributed by atoms with van der Waals surface area (Å²) in [7, 11) is 0. The van der Waals surface area contributed by atoms with Crippen LogP contribution in [-0.2, 0) is 6.54 Å². The normalized spacial score (nSPS) is 11.1. The van der Waals surface area contributed by atoms with Crippen molar-refractivity contribution in [3.63, 3.8) is 0 Å². The second kappa shape index (κ2) is 8.40. The van der Waals surface area contributed by atoms with Gasteiger partial charge in [-0.2, -0.15) is 5.10 Å². The molecule has 158 valence electrons. The number of halogens is 2. The van der Waals surface area contributed by atoms with Crippen LogP contribution in [0.5, 0.6) is 0 Å². The van der Waals surface area contributed by atoms with Gasteiger partial charge in [-0.05, 0) is 48.4 Å². The minimum Gasteiger partial charge on any atom is -0.338 e. The van der Waals surface area contributed by atoms with E-state index in [1.807, 2.05) is 49.4 Å². The Kier molecular flexibility index (Phi) is 5.29. The lowest BCUT2D eigenvalue weighted by Gasteiger charge is -2.08. The Labute approximate surface area is 189 Å². The fraction of sp³-hybridized carbons (Fsp3) is 0.0800. The van der Waals surface area contributed by atoms with E-state index in [0.717, 1.165) is 27.6 Å². The minimum absolute atomic E-state index is 0.313. The Morgan fingerprint density at radius 2 is 1.88 bits per heavy atom. The minimum atomic E-state index is -0.313. The van der Waals surface area contributed by atoms with E-state index < -0.39 is 0 Å². The number of fused-ring (bicyclic) bond motifs is 1. The molecular formula is C25H19ClFN5. The van der Waals surface area contributed by atoms with Crippen LogP contribution in [0.15, 0.2) is 79.3 Å². The molecule has 0 atom stereocenters. The van der Waals surface area contributed by atoms with Crippen molar-refractivity contribution >= 4 is 34.1 Å². The molecule has 0 aliphatic heterocycles. The molecule has 3 heterocycles. The highest BCUT2D eigenvalue weighted by molar-refractivity contribution is 6.31. The number of hydrogen-bond acceptors (Lipinski definition) is 4. The topological polar surface area (TPSA) is 55.6 Å². The quantitative estimate of drug-likeness (QED) is 0.342. The van der Waals surface area contributed by atoms with Crippen LogP contribution in [0.25, 0.3) is 22.2 Å². The summed E-state index contributed by atoms with van der Waals surface area (Å²) in [5.41, 5.74) is 5.08. The maximum absolute atomic E-state index is 13.9. The average Bonchev–Trinajstić information content (AvgIpc) is 3.15. The van der Waals surface area contributed by atoms with Gasteiger partial charge in [0.2, 0.25) is 0 Å². The molecule has 3 aromatic heterocycles. The van der Waals surface area contributed by atoms with Gasteiger partial charge in [-0.1, -0.05) is 41.9 Å². The van der Waals surface area contributed by atoms with Crippen molar-refractivity contribution in [2.75, 3.05) is 5.32 Å². The molecule has 0 radical (unpaired) electrons. The lowest BCUT2D eigenvalue weighted by atomic mass is 10.1. The molecule has 0 amide bonds. The van der Waals surface area contributed by atoms with Crippen LogP contribution in [0.3, 0.4) is 0 Å². The van der Waals surface area contributed by atoms with Gasteiger partial charge in [0.15, 0.2) is 11.5 Å². The molecule has 32 heavy (non-hydrogen) atoms. The van der Waals surface area contributed by atoms with Gasteiger partial charge >= 0.3 is 0 Å². The number of nitrogens with one attached hydrogen (secondary N) is 1. The molecule has 0 saturated carbocycles. The van der Waals surface area contributed by atoms with Gasteiger partial charge in [0.1, 0.15) is 5.82 Å². The third kappa shape index (κ3) is 3.92. The fourth-order valence-corrected chi connectivity index (χ4v) is 3.79. The molecule has 2 aromatic carbocycles. The molecule has 7 heteroatoms. The van der Waals surface area contributed by atoms with Crippen molar-refractivity contribution in [1.29, 1.82) is 0 Å². The molecule has 0 spiro atoms. The van der Waals surface area contributed by atoms with Gasteiger partial charge in [0.25, 0.3) is 0 Å². The highest BCUT2D eigenvalue weighted by Gasteiger charge is 2.16. The van der Waals surface area contributed by atoms with Gasteiger partial charge in [0.05, 0.1) is 11.9 Å². The van der Waals surface area contributed by atoms with E-state index >= 15 is 0 Å². The second-order valence-corrected chi connectivity index (χ2v) is 7.93. The molecule has 0 saturated heterocycles. The predicted octanol–water partition coefficient (Wildman–Crippen LogP) is 6.39. The maximum atomic E-state index is 13.9. The van der Waals surface area contributed by atoms with Crippen molar-refractivity contribution in [3.8, 4) is 11.1 Å². The summed E-state index contributed by atoms with van der Waals surface area (Å²) >= 11 is 6.38. The lowest BCUT2D eigenvalue weighted by Crippen LogP contribution is -2.04. The molecule has 5 nitrogen and oxygen atoms in total. The van der Waals surface area contributed by atoms with E-state index in [0.29, 0.717) is 28.7 Å². The number of aryl methyl sites for hydroxylation is 1. The third-order valence-electron chi connectivity index (χ3n) is 5.31. The SMILES string of the molecule is Cc1ccc(F)cc1Nc1nn(Cc2ccccc2Cl)c2ncc(-c3cccnc3)cc12. The van der Waals surface area contributed by atoms with Crippen molar-refractivity contribution in [1.82, 2.24) is 19.7 Å². The van der Waals surface area contributed by atoms with Crippen LogP contribution in [-0.4, -0.2) is 19.7 Å². The summed E-state index contributed by atoms with van der Waals surface area (Å²) in [4.78, 5) is 8.90. The molecule has 5 rings (SSSR count). The van der Waals surface area contributed by atoms with Crippen LogP contribution in [0.2, 0.25) is 5.02 Å². The molecular weight excluding hydrogens is 425 g/mol. The summed E-state index contributed by atoms with van der Waals surface area (Å²) in [6, 6.07) is 18.2. The standard InChI is InChI=1S/C25H19ClFN5/c1-16-8-9-20(27)12-23(16)30-24-21-11-19(17-6-4-10-28-13-17)14-29-25(21)32(31-24)15-18-5-2-3-7-22(18)26/h2-14H,15H2,1H3,(H,30,31). The van der Waals surface area contributed by atoms with E-state index in [2.05, 4.69) is 10.3 Å². The van der Waals surface area contributed by atoms with Crippen molar-refractivity contribution < 1.29 is 4.39 Å². The number of aromatic nitrogens is 4.